The Hall–Kier alpha value is -1.06. The average molecular weight is 253 g/mol. The number of nitrogens with one attached hydrogen (secondary N) is 1. The maximum absolute atomic E-state index is 11.9. The number of rotatable bonds is 4. The van der Waals surface area contributed by atoms with E-state index in [4.69, 9.17) is 11.6 Å². The highest BCUT2D eigenvalue weighted by Gasteiger charge is 2.21. The molecule has 0 aromatic heterocycles. The van der Waals surface area contributed by atoms with Crippen molar-refractivity contribution in [1.82, 2.24) is 10.2 Å². The highest BCUT2D eigenvalue weighted by atomic mass is 35.5. The molecule has 4 heteroatoms. The molecule has 1 saturated heterocycles. The fourth-order valence-corrected chi connectivity index (χ4v) is 2.11. The van der Waals surface area contributed by atoms with Crippen LogP contribution in [0.1, 0.15) is 12.0 Å². The van der Waals surface area contributed by atoms with Crippen molar-refractivity contribution in [2.45, 2.75) is 13.0 Å². The zero-order chi connectivity index (χ0) is 12.3. The van der Waals surface area contributed by atoms with Gasteiger partial charge < -0.3 is 10.2 Å². The molecule has 1 N–H and O–H groups in total. The molecule has 1 aliphatic heterocycles. The number of benzene rings is 1. The predicted molar refractivity (Wildman–Crippen MR) is 68.9 cm³/mol. The number of amides is 1. The Balaban J connectivity index is 1.87. The minimum absolute atomic E-state index is 0.205. The van der Waals surface area contributed by atoms with E-state index in [9.17, 15) is 4.79 Å². The molecule has 1 aliphatic rings. The van der Waals surface area contributed by atoms with E-state index in [1.807, 2.05) is 31.3 Å². The van der Waals surface area contributed by atoms with Gasteiger partial charge in [-0.05, 0) is 36.7 Å². The smallest absolute Gasteiger partial charge is 0.222 e. The van der Waals surface area contributed by atoms with Gasteiger partial charge in [-0.3, -0.25) is 4.79 Å². The molecular weight excluding hydrogens is 236 g/mol. The number of nitrogens with zero attached hydrogens (tertiary/aromatic N) is 1. The van der Waals surface area contributed by atoms with Gasteiger partial charge in [-0.25, -0.2) is 0 Å². The molecule has 92 valence electrons. The van der Waals surface area contributed by atoms with Crippen LogP contribution < -0.4 is 5.32 Å². The summed E-state index contributed by atoms with van der Waals surface area (Å²) in [4.78, 5) is 13.7. The van der Waals surface area contributed by atoms with E-state index in [2.05, 4.69) is 5.32 Å². The van der Waals surface area contributed by atoms with Gasteiger partial charge in [-0.1, -0.05) is 23.7 Å². The van der Waals surface area contributed by atoms with Gasteiger partial charge in [0.05, 0.1) is 0 Å². The van der Waals surface area contributed by atoms with Crippen LogP contribution in [0.15, 0.2) is 24.3 Å². The summed E-state index contributed by atoms with van der Waals surface area (Å²) in [6, 6.07) is 7.63. The summed E-state index contributed by atoms with van der Waals surface area (Å²) in [5.74, 6) is 0.723. The van der Waals surface area contributed by atoms with Crippen LogP contribution in [0.4, 0.5) is 0 Å². The van der Waals surface area contributed by atoms with Crippen molar-refractivity contribution in [3.05, 3.63) is 34.9 Å². The van der Waals surface area contributed by atoms with Crippen LogP contribution >= 0.6 is 11.6 Å². The molecule has 0 bridgehead atoms. The Labute approximate surface area is 107 Å². The summed E-state index contributed by atoms with van der Waals surface area (Å²) in [6.45, 7) is 2.56. The first kappa shape index (κ1) is 12.4. The third kappa shape index (κ3) is 3.45. The lowest BCUT2D eigenvalue weighted by atomic mass is 9.99. The van der Waals surface area contributed by atoms with Gasteiger partial charge in [-0.2, -0.15) is 0 Å². The summed E-state index contributed by atoms with van der Waals surface area (Å²) in [6.07, 6.45) is 0.643. The SMILES string of the molecule is CN(Cc1cccc(Cl)c1)C(=O)CC1CNC1. The second-order valence-electron chi connectivity index (χ2n) is 4.61. The van der Waals surface area contributed by atoms with Gasteiger partial charge >= 0.3 is 0 Å². The van der Waals surface area contributed by atoms with Crippen molar-refractivity contribution in [2.24, 2.45) is 5.92 Å². The van der Waals surface area contributed by atoms with Crippen LogP contribution in [0.5, 0.6) is 0 Å². The summed E-state index contributed by atoms with van der Waals surface area (Å²) >= 11 is 5.91. The third-order valence-corrected chi connectivity index (χ3v) is 3.30. The van der Waals surface area contributed by atoms with E-state index < -0.39 is 0 Å². The number of carbonyl (C=O) groups is 1. The minimum Gasteiger partial charge on any atom is -0.341 e. The van der Waals surface area contributed by atoms with Crippen molar-refractivity contribution < 1.29 is 4.79 Å². The van der Waals surface area contributed by atoms with Gasteiger partial charge in [0.1, 0.15) is 0 Å². The number of carbonyl (C=O) groups excluding carboxylic acids is 1. The first-order valence-corrected chi connectivity index (χ1v) is 6.22. The Bertz CT molecular complexity index is 404. The molecule has 3 nitrogen and oxygen atoms in total. The van der Waals surface area contributed by atoms with Crippen molar-refractivity contribution in [3.63, 3.8) is 0 Å². The molecule has 1 fully saturated rings. The van der Waals surface area contributed by atoms with E-state index >= 15 is 0 Å². The molecule has 2 rings (SSSR count). The largest absolute Gasteiger partial charge is 0.341 e. The molecule has 1 amide bonds. The molecule has 0 unspecified atom stereocenters. The second-order valence-corrected chi connectivity index (χ2v) is 5.04. The standard InChI is InChI=1S/C13H17ClN2O/c1-16(13(17)6-11-7-15-8-11)9-10-3-2-4-12(14)5-10/h2-5,11,15H,6-9H2,1H3. The fraction of sp³-hybridized carbons (Fsp3) is 0.462. The Kier molecular flexibility index (Phi) is 4.02. The lowest BCUT2D eigenvalue weighted by Gasteiger charge is -2.28. The highest BCUT2D eigenvalue weighted by molar-refractivity contribution is 6.30. The van der Waals surface area contributed by atoms with Crippen LogP contribution in [-0.4, -0.2) is 30.9 Å². The van der Waals surface area contributed by atoms with Gasteiger partial charge in [-0.15, -0.1) is 0 Å². The van der Waals surface area contributed by atoms with Crippen LogP contribution in [0, 0.1) is 5.92 Å². The van der Waals surface area contributed by atoms with Crippen LogP contribution in [-0.2, 0) is 11.3 Å². The molecule has 1 aromatic rings. The zero-order valence-electron chi connectivity index (χ0n) is 9.95. The maximum atomic E-state index is 11.9. The molecular formula is C13H17ClN2O. The van der Waals surface area contributed by atoms with Crippen LogP contribution in [0.3, 0.4) is 0 Å². The van der Waals surface area contributed by atoms with E-state index in [-0.39, 0.29) is 5.91 Å². The highest BCUT2D eigenvalue weighted by Crippen LogP contribution is 2.14. The lowest BCUT2D eigenvalue weighted by molar-refractivity contribution is -0.131. The van der Waals surface area contributed by atoms with Crippen molar-refractivity contribution in [2.75, 3.05) is 20.1 Å². The minimum atomic E-state index is 0.205. The summed E-state index contributed by atoms with van der Waals surface area (Å²) in [7, 11) is 1.84. The van der Waals surface area contributed by atoms with Gasteiger partial charge in [0.15, 0.2) is 0 Å². The molecule has 0 saturated carbocycles. The third-order valence-electron chi connectivity index (χ3n) is 3.06. The van der Waals surface area contributed by atoms with E-state index in [1.165, 1.54) is 0 Å². The lowest BCUT2D eigenvalue weighted by Crippen LogP contribution is -2.44. The molecule has 1 heterocycles. The summed E-state index contributed by atoms with van der Waals surface area (Å²) in [5, 5.41) is 3.89. The number of halogens is 1. The van der Waals surface area contributed by atoms with E-state index in [0.29, 0.717) is 23.9 Å². The normalized spacial score (nSPS) is 15.4. The predicted octanol–water partition coefficient (Wildman–Crippen LogP) is 1.91. The zero-order valence-corrected chi connectivity index (χ0v) is 10.7. The van der Waals surface area contributed by atoms with Crippen molar-refractivity contribution in [1.29, 1.82) is 0 Å². The maximum Gasteiger partial charge on any atom is 0.222 e. The van der Waals surface area contributed by atoms with Crippen LogP contribution in [0.2, 0.25) is 5.02 Å². The Morgan fingerprint density at radius 2 is 2.29 bits per heavy atom. The quantitative estimate of drug-likeness (QED) is 0.888. The Morgan fingerprint density at radius 1 is 1.53 bits per heavy atom. The topological polar surface area (TPSA) is 32.3 Å². The molecule has 0 atom stereocenters. The number of hydrogen-bond donors (Lipinski definition) is 1. The monoisotopic (exact) mass is 252 g/mol. The number of hydrogen-bond acceptors (Lipinski definition) is 2. The molecule has 0 aliphatic carbocycles. The Morgan fingerprint density at radius 3 is 2.88 bits per heavy atom. The van der Waals surface area contributed by atoms with Crippen LogP contribution in [0.25, 0.3) is 0 Å². The fourth-order valence-electron chi connectivity index (χ4n) is 1.89. The van der Waals surface area contributed by atoms with Crippen molar-refractivity contribution >= 4 is 17.5 Å². The molecule has 1 aromatic carbocycles. The summed E-state index contributed by atoms with van der Waals surface area (Å²) < 4.78 is 0. The van der Waals surface area contributed by atoms with Gasteiger partial charge in [0, 0.05) is 25.0 Å². The van der Waals surface area contributed by atoms with E-state index in [1.54, 1.807) is 4.90 Å². The average Bonchev–Trinajstić information content (AvgIpc) is 2.23. The molecule has 0 spiro atoms. The first-order valence-electron chi connectivity index (χ1n) is 5.84. The van der Waals surface area contributed by atoms with Gasteiger partial charge in [0.2, 0.25) is 5.91 Å². The van der Waals surface area contributed by atoms with Crippen molar-refractivity contribution in [3.8, 4) is 0 Å². The molecule has 17 heavy (non-hydrogen) atoms. The first-order chi connectivity index (χ1) is 8.15. The molecule has 0 radical (unpaired) electrons. The second kappa shape index (κ2) is 5.52. The van der Waals surface area contributed by atoms with E-state index in [0.717, 1.165) is 18.7 Å². The summed E-state index contributed by atoms with van der Waals surface area (Å²) in [5.41, 5.74) is 1.07. The van der Waals surface area contributed by atoms with Gasteiger partial charge in [0.25, 0.3) is 0 Å².